The number of fused-ring (bicyclic) bond motifs is 1. The number of hydrogen-bond donors (Lipinski definition) is 4. The quantitative estimate of drug-likeness (QED) is 0.576. The Kier molecular flexibility index (Phi) is 5.15. The number of benzene rings is 1. The zero-order valence-electron chi connectivity index (χ0n) is 17.5. The topological polar surface area (TPSA) is 125 Å². The summed E-state index contributed by atoms with van der Waals surface area (Å²) in [6, 6.07) is 6.25. The lowest BCUT2D eigenvalue weighted by molar-refractivity contribution is 0.0643. The van der Waals surface area contributed by atoms with Crippen molar-refractivity contribution in [2.24, 2.45) is 4.99 Å². The van der Waals surface area contributed by atoms with Crippen molar-refractivity contribution in [1.82, 2.24) is 21.1 Å². The van der Waals surface area contributed by atoms with E-state index in [-0.39, 0.29) is 5.41 Å². The van der Waals surface area contributed by atoms with Gasteiger partial charge in [-0.3, -0.25) is 10.7 Å². The number of hydrazine groups is 1. The number of hydrogen-bond acceptors (Lipinski definition) is 9. The SMILES string of the molecule is COc1cc(ON2C=NC=C3NNC=C32)ccc1NC(=O)Nc1cc(C(C)(C)C)on1. The van der Waals surface area contributed by atoms with Crippen LogP contribution in [-0.4, -0.2) is 29.7 Å². The molecule has 11 heteroatoms. The van der Waals surface area contributed by atoms with Gasteiger partial charge in [0, 0.05) is 23.7 Å². The number of amides is 2. The number of anilines is 2. The molecule has 11 nitrogen and oxygen atoms in total. The maximum absolute atomic E-state index is 12.4. The van der Waals surface area contributed by atoms with Gasteiger partial charge in [0.2, 0.25) is 0 Å². The molecule has 0 saturated heterocycles. The molecule has 162 valence electrons. The van der Waals surface area contributed by atoms with Crippen LogP contribution in [0.15, 0.2) is 57.6 Å². The summed E-state index contributed by atoms with van der Waals surface area (Å²) in [6.07, 6.45) is 4.97. The van der Waals surface area contributed by atoms with E-state index in [4.69, 9.17) is 14.1 Å². The number of carbonyl (C=O) groups is 1. The van der Waals surface area contributed by atoms with Crippen molar-refractivity contribution in [2.45, 2.75) is 26.2 Å². The summed E-state index contributed by atoms with van der Waals surface area (Å²) >= 11 is 0. The molecule has 0 spiro atoms. The van der Waals surface area contributed by atoms with Crippen molar-refractivity contribution in [1.29, 1.82) is 0 Å². The standard InChI is InChI=1S/C20H23N7O4/c1-20(2,3)17-8-18(26-30-17)24-19(28)23-13-6-5-12(7-16(13)29-4)31-27-11-21-9-14-15(27)10-22-25-14/h5-11,22,25H,1-4H3,(H2,23,24,26,28). The third-order valence-electron chi connectivity index (χ3n) is 4.42. The number of methoxy groups -OCH3 is 1. The third kappa shape index (κ3) is 4.39. The number of nitrogens with one attached hydrogen (secondary N) is 4. The average Bonchev–Trinajstić information content (AvgIpc) is 3.39. The van der Waals surface area contributed by atoms with Gasteiger partial charge < -0.3 is 24.8 Å². The Hall–Kier alpha value is -4.15. The highest BCUT2D eigenvalue weighted by Gasteiger charge is 2.23. The van der Waals surface area contributed by atoms with Crippen molar-refractivity contribution in [3.05, 3.63) is 53.8 Å². The zero-order valence-corrected chi connectivity index (χ0v) is 17.5. The van der Waals surface area contributed by atoms with Crippen LogP contribution < -0.4 is 31.1 Å². The molecule has 4 N–H and O–H groups in total. The molecule has 2 aliphatic heterocycles. The third-order valence-corrected chi connectivity index (χ3v) is 4.42. The maximum Gasteiger partial charge on any atom is 0.325 e. The summed E-state index contributed by atoms with van der Waals surface area (Å²) in [7, 11) is 1.51. The second-order valence-electron chi connectivity index (χ2n) is 7.79. The smallest absolute Gasteiger partial charge is 0.325 e. The lowest BCUT2D eigenvalue weighted by atomic mass is 9.93. The van der Waals surface area contributed by atoms with Crippen molar-refractivity contribution in [3.8, 4) is 11.5 Å². The molecule has 0 radical (unpaired) electrons. The summed E-state index contributed by atoms with van der Waals surface area (Å²) in [5.41, 5.74) is 7.65. The van der Waals surface area contributed by atoms with Crippen LogP contribution in [0.5, 0.6) is 11.5 Å². The first-order valence-electron chi connectivity index (χ1n) is 9.49. The Balaban J connectivity index is 1.42. The molecule has 2 amide bonds. The number of carbonyl (C=O) groups excluding carboxylic acids is 1. The number of ether oxygens (including phenoxy) is 1. The van der Waals surface area contributed by atoms with Crippen LogP contribution in [-0.2, 0) is 5.41 Å². The molecule has 1 aromatic heterocycles. The zero-order chi connectivity index (χ0) is 22.0. The molecular weight excluding hydrogens is 402 g/mol. The number of rotatable bonds is 5. The van der Waals surface area contributed by atoms with Crippen molar-refractivity contribution in [3.63, 3.8) is 0 Å². The highest BCUT2D eigenvalue weighted by atomic mass is 16.7. The molecule has 0 bridgehead atoms. The first-order valence-corrected chi connectivity index (χ1v) is 9.49. The Morgan fingerprint density at radius 3 is 2.81 bits per heavy atom. The fourth-order valence-electron chi connectivity index (χ4n) is 2.81. The van der Waals surface area contributed by atoms with Crippen molar-refractivity contribution in [2.75, 3.05) is 17.7 Å². The number of hydroxylamine groups is 2. The number of nitrogens with zero attached hydrogens (tertiary/aromatic N) is 3. The van der Waals surface area contributed by atoms with E-state index < -0.39 is 6.03 Å². The van der Waals surface area contributed by atoms with Gasteiger partial charge in [-0.15, -0.1) is 0 Å². The minimum absolute atomic E-state index is 0.210. The van der Waals surface area contributed by atoms with Gasteiger partial charge in [-0.25, -0.2) is 9.79 Å². The van der Waals surface area contributed by atoms with E-state index in [0.717, 1.165) is 11.4 Å². The maximum atomic E-state index is 12.4. The molecule has 31 heavy (non-hydrogen) atoms. The Morgan fingerprint density at radius 1 is 1.23 bits per heavy atom. The van der Waals surface area contributed by atoms with E-state index in [1.807, 2.05) is 20.8 Å². The second kappa shape index (κ2) is 7.94. The summed E-state index contributed by atoms with van der Waals surface area (Å²) in [5.74, 6) is 1.91. The molecule has 2 aromatic rings. The van der Waals surface area contributed by atoms with Crippen molar-refractivity contribution < 1.29 is 18.9 Å². The first-order chi connectivity index (χ1) is 14.8. The number of aliphatic imine (C=N–C) groups is 1. The molecule has 0 fully saturated rings. The molecule has 2 aliphatic rings. The normalized spacial score (nSPS) is 14.6. The molecule has 0 aliphatic carbocycles. The average molecular weight is 425 g/mol. The second-order valence-corrected chi connectivity index (χ2v) is 7.79. The van der Waals surface area contributed by atoms with Gasteiger partial charge in [0.1, 0.15) is 29.2 Å². The van der Waals surface area contributed by atoms with Crippen LogP contribution in [0.3, 0.4) is 0 Å². The first kappa shape index (κ1) is 20.1. The molecule has 0 saturated carbocycles. The highest BCUT2D eigenvalue weighted by molar-refractivity contribution is 6.00. The molecule has 0 atom stereocenters. The molecule has 1 aromatic carbocycles. The van der Waals surface area contributed by atoms with Crippen LogP contribution in [0.25, 0.3) is 0 Å². The van der Waals surface area contributed by atoms with Crippen molar-refractivity contribution >= 4 is 23.9 Å². The largest absolute Gasteiger partial charge is 0.494 e. The predicted octanol–water partition coefficient (Wildman–Crippen LogP) is 3.05. The van der Waals surface area contributed by atoms with Gasteiger partial charge >= 0.3 is 6.03 Å². The lowest BCUT2D eigenvalue weighted by Gasteiger charge is -2.23. The van der Waals surface area contributed by atoms with Gasteiger partial charge in [-0.2, -0.15) is 5.06 Å². The minimum atomic E-state index is -0.480. The summed E-state index contributed by atoms with van der Waals surface area (Å²) < 4.78 is 10.7. The minimum Gasteiger partial charge on any atom is -0.494 e. The van der Waals surface area contributed by atoms with Crippen LogP contribution in [0.2, 0.25) is 0 Å². The van der Waals surface area contributed by atoms with Crippen LogP contribution >= 0.6 is 0 Å². The lowest BCUT2D eigenvalue weighted by Crippen LogP contribution is -2.29. The molecule has 0 unspecified atom stereocenters. The summed E-state index contributed by atoms with van der Waals surface area (Å²) in [4.78, 5) is 22.4. The Bertz CT molecular complexity index is 1080. The van der Waals surface area contributed by atoms with Gasteiger partial charge in [0.25, 0.3) is 0 Å². The monoisotopic (exact) mass is 425 g/mol. The predicted molar refractivity (Wildman–Crippen MR) is 114 cm³/mol. The molecule has 4 rings (SSSR count). The van der Waals surface area contributed by atoms with Gasteiger partial charge in [0.05, 0.1) is 19.0 Å². The van der Waals surface area contributed by atoms with E-state index in [2.05, 4.69) is 31.6 Å². The van der Waals surface area contributed by atoms with E-state index in [0.29, 0.717) is 28.8 Å². The van der Waals surface area contributed by atoms with E-state index >= 15 is 0 Å². The summed E-state index contributed by atoms with van der Waals surface area (Å²) in [6.45, 7) is 5.99. The number of urea groups is 1. The fraction of sp³-hybridized carbons (Fsp3) is 0.250. The number of aromatic nitrogens is 1. The highest BCUT2D eigenvalue weighted by Crippen LogP contribution is 2.31. The van der Waals surface area contributed by atoms with Gasteiger partial charge in [-0.1, -0.05) is 25.9 Å². The summed E-state index contributed by atoms with van der Waals surface area (Å²) in [5, 5.41) is 10.8. The van der Waals surface area contributed by atoms with Crippen LogP contribution in [0.1, 0.15) is 26.5 Å². The van der Waals surface area contributed by atoms with Crippen LogP contribution in [0.4, 0.5) is 16.3 Å². The van der Waals surface area contributed by atoms with Crippen LogP contribution in [0, 0.1) is 0 Å². The molecular formula is C20H23N7O4. The fourth-order valence-corrected chi connectivity index (χ4v) is 2.81. The van der Waals surface area contributed by atoms with Gasteiger partial charge in [-0.05, 0) is 12.1 Å². The van der Waals surface area contributed by atoms with E-state index in [1.54, 1.807) is 43.0 Å². The molecule has 3 heterocycles. The van der Waals surface area contributed by atoms with Gasteiger partial charge in [0.15, 0.2) is 11.6 Å². The Morgan fingerprint density at radius 2 is 2.06 bits per heavy atom. The Labute approximate surface area is 178 Å². The van der Waals surface area contributed by atoms with E-state index in [1.165, 1.54) is 12.2 Å². The van der Waals surface area contributed by atoms with E-state index in [9.17, 15) is 4.79 Å².